The summed E-state index contributed by atoms with van der Waals surface area (Å²) < 4.78 is 53.6. The quantitative estimate of drug-likeness (QED) is 0.242. The lowest BCUT2D eigenvalue weighted by molar-refractivity contribution is -0.168. The maximum Gasteiger partial charge on any atom is 0.316 e. The van der Waals surface area contributed by atoms with E-state index in [0.29, 0.717) is 19.4 Å². The van der Waals surface area contributed by atoms with E-state index in [-0.39, 0.29) is 12.2 Å². The normalized spacial score (nSPS) is 20.4. The Morgan fingerprint density at radius 3 is 2.06 bits per heavy atom. The van der Waals surface area contributed by atoms with Crippen LogP contribution in [-0.2, 0) is 19.7 Å². The molecule has 31 heavy (non-hydrogen) atoms. The summed E-state index contributed by atoms with van der Waals surface area (Å²) in [6.45, 7) is 2.94. The van der Waals surface area contributed by atoms with Crippen LogP contribution in [0.15, 0.2) is 12.1 Å². The molecular formula is C25H35F3O3. The van der Waals surface area contributed by atoms with E-state index in [4.69, 9.17) is 9.47 Å². The fraction of sp³-hybridized carbons (Fsp3) is 0.720. The molecule has 2 fully saturated rings. The molecule has 0 aliphatic heterocycles. The van der Waals surface area contributed by atoms with Gasteiger partial charge in [0, 0.05) is 6.61 Å². The molecule has 3 rings (SSSR count). The molecule has 174 valence electrons. The van der Waals surface area contributed by atoms with E-state index in [9.17, 15) is 18.0 Å². The lowest BCUT2D eigenvalue weighted by Gasteiger charge is -2.39. The summed E-state index contributed by atoms with van der Waals surface area (Å²) in [6.07, 6.45) is 11.4. The van der Waals surface area contributed by atoms with Crippen molar-refractivity contribution in [1.82, 2.24) is 0 Å². The van der Waals surface area contributed by atoms with Gasteiger partial charge >= 0.3 is 5.97 Å². The van der Waals surface area contributed by atoms with Gasteiger partial charge in [-0.25, -0.2) is 13.2 Å². The van der Waals surface area contributed by atoms with Crippen LogP contribution < -0.4 is 0 Å². The second-order valence-electron chi connectivity index (χ2n) is 9.27. The van der Waals surface area contributed by atoms with Gasteiger partial charge in [0.1, 0.15) is 12.2 Å². The Bertz CT molecular complexity index is 715. The summed E-state index contributed by atoms with van der Waals surface area (Å²) in [5.74, 6) is -4.52. The Morgan fingerprint density at radius 2 is 1.48 bits per heavy atom. The van der Waals surface area contributed by atoms with Gasteiger partial charge in [-0.15, -0.1) is 0 Å². The molecule has 2 saturated carbocycles. The number of hydrogen-bond acceptors (Lipinski definition) is 3. The van der Waals surface area contributed by atoms with Gasteiger partial charge in [0.15, 0.2) is 17.5 Å². The Labute approximate surface area is 183 Å². The van der Waals surface area contributed by atoms with Gasteiger partial charge in [-0.1, -0.05) is 58.3 Å². The molecule has 1 aromatic carbocycles. The van der Waals surface area contributed by atoms with Crippen LogP contribution in [0, 0.1) is 17.5 Å². The van der Waals surface area contributed by atoms with Crippen LogP contribution in [0.25, 0.3) is 0 Å². The van der Waals surface area contributed by atoms with Crippen molar-refractivity contribution < 1.29 is 27.4 Å². The summed E-state index contributed by atoms with van der Waals surface area (Å²) in [7, 11) is 0. The monoisotopic (exact) mass is 440 g/mol. The summed E-state index contributed by atoms with van der Waals surface area (Å²) in [5.41, 5.74) is -1.43. The smallest absolute Gasteiger partial charge is 0.316 e. The van der Waals surface area contributed by atoms with E-state index in [2.05, 4.69) is 6.92 Å². The molecule has 0 aromatic heterocycles. The molecule has 0 heterocycles. The number of unbranched alkanes of at least 4 members (excludes halogenated alkanes) is 2. The van der Waals surface area contributed by atoms with Crippen molar-refractivity contribution in [2.75, 3.05) is 13.2 Å². The van der Waals surface area contributed by atoms with Crippen LogP contribution in [0.5, 0.6) is 0 Å². The topological polar surface area (TPSA) is 35.5 Å². The van der Waals surface area contributed by atoms with Crippen molar-refractivity contribution in [2.24, 2.45) is 0 Å². The van der Waals surface area contributed by atoms with Crippen LogP contribution >= 0.6 is 0 Å². The second kappa shape index (κ2) is 10.8. The molecule has 0 saturated heterocycles. The minimum Gasteiger partial charge on any atom is -0.462 e. The van der Waals surface area contributed by atoms with Crippen molar-refractivity contribution in [3.05, 3.63) is 35.1 Å². The van der Waals surface area contributed by atoms with Gasteiger partial charge in [-0.3, -0.25) is 4.79 Å². The van der Waals surface area contributed by atoms with Gasteiger partial charge in [-0.2, -0.15) is 0 Å². The molecule has 0 N–H and O–H groups in total. The first-order chi connectivity index (χ1) is 14.9. The highest BCUT2D eigenvalue weighted by atomic mass is 19.2. The maximum absolute atomic E-state index is 14.0. The van der Waals surface area contributed by atoms with Crippen LogP contribution in [0.1, 0.15) is 96.0 Å². The number of hydrogen-bond donors (Lipinski definition) is 0. The number of esters is 1. The number of carbonyl (C=O) groups is 1. The SMILES string of the molecule is CCCCCOC1(COC(=O)C2(c3cc(F)c(F)c(F)c3)CCCCC2)CCCCC1. The zero-order chi connectivity index (χ0) is 22.3. The molecular weight excluding hydrogens is 405 g/mol. The van der Waals surface area contributed by atoms with E-state index in [1.807, 2.05) is 0 Å². The lowest BCUT2D eigenvalue weighted by atomic mass is 9.69. The van der Waals surface area contributed by atoms with E-state index >= 15 is 0 Å². The predicted molar refractivity (Wildman–Crippen MR) is 113 cm³/mol. The Balaban J connectivity index is 1.77. The van der Waals surface area contributed by atoms with Crippen molar-refractivity contribution >= 4 is 5.97 Å². The van der Waals surface area contributed by atoms with Crippen molar-refractivity contribution in [3.63, 3.8) is 0 Å². The largest absolute Gasteiger partial charge is 0.462 e. The third kappa shape index (κ3) is 5.63. The van der Waals surface area contributed by atoms with Gasteiger partial charge in [-0.05, 0) is 49.8 Å². The molecule has 6 heteroatoms. The van der Waals surface area contributed by atoms with E-state index < -0.39 is 34.4 Å². The van der Waals surface area contributed by atoms with Crippen LogP contribution in [0.2, 0.25) is 0 Å². The number of carbonyl (C=O) groups excluding carboxylic acids is 1. The predicted octanol–water partition coefficient (Wildman–Crippen LogP) is 6.76. The van der Waals surface area contributed by atoms with Crippen molar-refractivity contribution in [3.8, 4) is 0 Å². The third-order valence-electron chi connectivity index (χ3n) is 7.02. The van der Waals surface area contributed by atoms with Gasteiger partial charge in [0.2, 0.25) is 0 Å². The first-order valence-electron chi connectivity index (χ1n) is 11.9. The van der Waals surface area contributed by atoms with Crippen molar-refractivity contribution in [1.29, 1.82) is 0 Å². The fourth-order valence-corrected chi connectivity index (χ4v) is 5.10. The molecule has 0 unspecified atom stereocenters. The lowest BCUT2D eigenvalue weighted by Crippen LogP contribution is -2.45. The van der Waals surface area contributed by atoms with Crippen LogP contribution in [0.3, 0.4) is 0 Å². The molecule has 2 aliphatic carbocycles. The average molecular weight is 441 g/mol. The van der Waals surface area contributed by atoms with Crippen molar-refractivity contribution in [2.45, 2.75) is 101 Å². The highest BCUT2D eigenvalue weighted by molar-refractivity contribution is 5.83. The highest BCUT2D eigenvalue weighted by Crippen LogP contribution is 2.42. The van der Waals surface area contributed by atoms with Crippen LogP contribution in [-0.4, -0.2) is 24.8 Å². The Kier molecular flexibility index (Phi) is 8.43. The summed E-state index contributed by atoms with van der Waals surface area (Å²) in [6, 6.07) is 1.92. The zero-order valence-electron chi connectivity index (χ0n) is 18.6. The van der Waals surface area contributed by atoms with E-state index in [0.717, 1.165) is 82.8 Å². The van der Waals surface area contributed by atoms with Gasteiger partial charge < -0.3 is 9.47 Å². The highest BCUT2D eigenvalue weighted by Gasteiger charge is 2.45. The molecule has 3 nitrogen and oxygen atoms in total. The number of halogens is 3. The summed E-state index contributed by atoms with van der Waals surface area (Å²) >= 11 is 0. The minimum absolute atomic E-state index is 0.159. The number of ether oxygens (including phenoxy) is 2. The maximum atomic E-state index is 14.0. The molecule has 0 atom stereocenters. The van der Waals surface area contributed by atoms with E-state index in [1.54, 1.807) is 0 Å². The first kappa shape index (κ1) is 24.1. The Morgan fingerprint density at radius 1 is 0.903 bits per heavy atom. The minimum atomic E-state index is -1.51. The molecule has 0 radical (unpaired) electrons. The fourth-order valence-electron chi connectivity index (χ4n) is 5.10. The third-order valence-corrected chi connectivity index (χ3v) is 7.02. The molecule has 2 aliphatic rings. The standard InChI is InChI=1S/C25H35F3O3/c1-2-3-10-15-31-24(11-6-4-7-12-24)18-30-23(29)25(13-8-5-9-14-25)19-16-20(26)22(28)21(27)17-19/h16-17H,2-15,18H2,1H3. The summed E-state index contributed by atoms with van der Waals surface area (Å²) in [5, 5.41) is 0. The zero-order valence-corrected chi connectivity index (χ0v) is 18.6. The molecule has 0 spiro atoms. The van der Waals surface area contributed by atoms with Crippen LogP contribution in [0.4, 0.5) is 13.2 Å². The number of rotatable bonds is 9. The Hall–Kier alpha value is -1.56. The van der Waals surface area contributed by atoms with E-state index in [1.165, 1.54) is 0 Å². The summed E-state index contributed by atoms with van der Waals surface area (Å²) in [4.78, 5) is 13.4. The molecule has 0 bridgehead atoms. The molecule has 1 aromatic rings. The average Bonchev–Trinajstić information content (AvgIpc) is 2.79. The molecule has 0 amide bonds. The van der Waals surface area contributed by atoms with Gasteiger partial charge in [0.05, 0.1) is 5.41 Å². The van der Waals surface area contributed by atoms with Gasteiger partial charge in [0.25, 0.3) is 0 Å². The second-order valence-corrected chi connectivity index (χ2v) is 9.27. The first-order valence-corrected chi connectivity index (χ1v) is 11.9. The number of benzene rings is 1.